The summed E-state index contributed by atoms with van der Waals surface area (Å²) in [5.41, 5.74) is 4.82. The smallest absolute Gasteiger partial charge is 0.398 e. The van der Waals surface area contributed by atoms with Crippen molar-refractivity contribution in [2.75, 3.05) is 19.0 Å². The first-order chi connectivity index (χ1) is 10.6. The molecule has 0 amide bonds. The molecule has 0 aliphatic carbocycles. The van der Waals surface area contributed by atoms with E-state index < -0.39 is 19.1 Å². The molecule has 2 aromatic rings. The van der Waals surface area contributed by atoms with E-state index in [0.717, 1.165) is 6.07 Å². The molecule has 5 nitrogen and oxygen atoms in total. The molecule has 23 heavy (non-hydrogen) atoms. The Bertz CT molecular complexity index is 743. The molecule has 0 fully saturated rings. The number of hydrogen-bond donors (Lipinski definition) is 1. The van der Waals surface area contributed by atoms with E-state index >= 15 is 0 Å². The summed E-state index contributed by atoms with van der Waals surface area (Å²) in [5.74, 6) is 0. The van der Waals surface area contributed by atoms with Crippen molar-refractivity contribution in [3.05, 3.63) is 41.7 Å². The molecule has 0 aliphatic heterocycles. The van der Waals surface area contributed by atoms with Crippen LogP contribution < -0.4 is 5.73 Å². The Morgan fingerprint density at radius 1 is 1.35 bits per heavy atom. The van der Waals surface area contributed by atoms with Gasteiger partial charge < -0.3 is 10.3 Å². The van der Waals surface area contributed by atoms with E-state index in [4.69, 9.17) is 10.3 Å². The van der Waals surface area contributed by atoms with E-state index in [1.807, 2.05) is 0 Å². The first-order valence-electron chi connectivity index (χ1n) is 6.85. The molecule has 1 heterocycles. The van der Waals surface area contributed by atoms with E-state index in [1.165, 1.54) is 29.7 Å². The number of halogens is 3. The average molecular weight is 347 g/mol. The first kappa shape index (κ1) is 17.6. The molecule has 0 bridgehead atoms. The zero-order chi connectivity index (χ0) is 17.3. The summed E-state index contributed by atoms with van der Waals surface area (Å²) in [6.45, 7) is 3.56. The highest BCUT2D eigenvalue weighted by Crippen LogP contribution is 2.45. The van der Waals surface area contributed by atoms with E-state index in [2.05, 4.69) is 5.10 Å². The van der Waals surface area contributed by atoms with Gasteiger partial charge in [-0.15, -0.1) is 0 Å². The summed E-state index contributed by atoms with van der Waals surface area (Å²) in [6, 6.07) is 5.15. The number of hydrogen-bond acceptors (Lipinski definition) is 4. The van der Waals surface area contributed by atoms with Crippen LogP contribution in [0.3, 0.4) is 0 Å². The standard InChI is InChI=1S/C14H17F3N3O2P/c1-3-22-23(2,21)9-10-6-7-20(19-10)11-4-5-13(18)12(8-11)14(15,16)17/h4-8H,3,9,18H2,1-2H3. The Labute approximate surface area is 131 Å². The van der Waals surface area contributed by atoms with Crippen LogP contribution in [0.15, 0.2) is 30.5 Å². The van der Waals surface area contributed by atoms with Crippen molar-refractivity contribution in [2.24, 2.45) is 0 Å². The quantitative estimate of drug-likeness (QED) is 0.657. The van der Waals surface area contributed by atoms with Gasteiger partial charge >= 0.3 is 6.18 Å². The second-order valence-electron chi connectivity index (χ2n) is 5.11. The number of alkyl halides is 3. The normalized spacial score (nSPS) is 14.7. The molecule has 2 rings (SSSR count). The van der Waals surface area contributed by atoms with Crippen LogP contribution in [-0.2, 0) is 21.4 Å². The lowest BCUT2D eigenvalue weighted by molar-refractivity contribution is -0.136. The molecular formula is C14H17F3N3O2P. The minimum atomic E-state index is -4.54. The van der Waals surface area contributed by atoms with Gasteiger partial charge in [-0.1, -0.05) is 0 Å². The van der Waals surface area contributed by atoms with Gasteiger partial charge in [0.2, 0.25) is 7.37 Å². The van der Waals surface area contributed by atoms with Gasteiger partial charge in [0, 0.05) is 18.5 Å². The fourth-order valence-corrected chi connectivity index (χ4v) is 3.53. The Balaban J connectivity index is 2.29. The van der Waals surface area contributed by atoms with Crippen molar-refractivity contribution < 1.29 is 22.3 Å². The molecule has 0 aliphatic rings. The minimum absolute atomic E-state index is 0.120. The molecule has 9 heteroatoms. The van der Waals surface area contributed by atoms with E-state index in [9.17, 15) is 17.7 Å². The van der Waals surface area contributed by atoms with Crippen LogP contribution in [0.2, 0.25) is 0 Å². The lowest BCUT2D eigenvalue weighted by atomic mass is 10.1. The SMILES string of the molecule is CCOP(C)(=O)Cc1ccn(-c2ccc(N)c(C(F)(F)F)c2)n1. The molecular weight excluding hydrogens is 330 g/mol. The van der Waals surface area contributed by atoms with Crippen molar-refractivity contribution in [1.82, 2.24) is 9.78 Å². The van der Waals surface area contributed by atoms with Crippen molar-refractivity contribution in [1.29, 1.82) is 0 Å². The van der Waals surface area contributed by atoms with E-state index in [1.54, 1.807) is 13.0 Å². The molecule has 1 unspecified atom stereocenters. The summed E-state index contributed by atoms with van der Waals surface area (Å²) < 4.78 is 57.3. The Morgan fingerprint density at radius 2 is 2.04 bits per heavy atom. The first-order valence-corrected chi connectivity index (χ1v) is 9.11. The van der Waals surface area contributed by atoms with E-state index in [-0.39, 0.29) is 17.5 Å². The highest BCUT2D eigenvalue weighted by molar-refractivity contribution is 7.57. The fraction of sp³-hybridized carbons (Fsp3) is 0.357. The number of nitrogens with zero attached hydrogens (tertiary/aromatic N) is 2. The maximum absolute atomic E-state index is 12.9. The Hall–Kier alpha value is -1.79. The van der Waals surface area contributed by atoms with Gasteiger partial charge in [-0.3, -0.25) is 4.57 Å². The molecule has 0 radical (unpaired) electrons. The predicted octanol–water partition coefficient (Wildman–Crippen LogP) is 3.92. The number of benzene rings is 1. The monoisotopic (exact) mass is 347 g/mol. The molecule has 0 spiro atoms. The second kappa shape index (κ2) is 6.37. The largest absolute Gasteiger partial charge is 0.418 e. The van der Waals surface area contributed by atoms with Crippen molar-refractivity contribution in [2.45, 2.75) is 19.3 Å². The van der Waals surface area contributed by atoms with Gasteiger partial charge in [0.05, 0.1) is 29.7 Å². The molecule has 1 aromatic heterocycles. The topological polar surface area (TPSA) is 70.1 Å². The lowest BCUT2D eigenvalue weighted by Gasteiger charge is -2.12. The van der Waals surface area contributed by atoms with Gasteiger partial charge in [0.15, 0.2) is 0 Å². The third-order valence-electron chi connectivity index (χ3n) is 3.10. The number of aromatic nitrogens is 2. The summed E-state index contributed by atoms with van der Waals surface area (Å²) in [5, 5.41) is 4.16. The highest BCUT2D eigenvalue weighted by atomic mass is 31.2. The lowest BCUT2D eigenvalue weighted by Crippen LogP contribution is -2.10. The second-order valence-corrected chi connectivity index (χ2v) is 7.71. The van der Waals surface area contributed by atoms with Crippen molar-refractivity contribution in [3.63, 3.8) is 0 Å². The van der Waals surface area contributed by atoms with Gasteiger partial charge in [-0.25, -0.2) is 4.68 Å². The summed E-state index contributed by atoms with van der Waals surface area (Å²) in [7, 11) is -2.81. The molecule has 2 N–H and O–H groups in total. The number of anilines is 1. The van der Waals surface area contributed by atoms with Crippen LogP contribution in [-0.4, -0.2) is 23.1 Å². The zero-order valence-electron chi connectivity index (χ0n) is 12.7. The van der Waals surface area contributed by atoms with Crippen LogP contribution >= 0.6 is 7.37 Å². The Kier molecular flexibility index (Phi) is 4.87. The zero-order valence-corrected chi connectivity index (χ0v) is 13.6. The number of rotatable bonds is 5. The van der Waals surface area contributed by atoms with Crippen LogP contribution in [0.4, 0.5) is 18.9 Å². The Morgan fingerprint density at radius 3 is 2.65 bits per heavy atom. The predicted molar refractivity (Wildman–Crippen MR) is 81.8 cm³/mol. The maximum Gasteiger partial charge on any atom is 0.418 e. The van der Waals surface area contributed by atoms with E-state index in [0.29, 0.717) is 12.3 Å². The molecule has 1 atom stereocenters. The van der Waals surface area contributed by atoms with Crippen LogP contribution in [0.25, 0.3) is 5.69 Å². The third kappa shape index (κ3) is 4.36. The summed E-state index contributed by atoms with van der Waals surface area (Å²) in [6.07, 6.45) is -2.91. The van der Waals surface area contributed by atoms with Gasteiger partial charge in [-0.2, -0.15) is 18.3 Å². The molecule has 0 saturated heterocycles. The molecule has 1 aromatic carbocycles. The van der Waals surface area contributed by atoms with Crippen LogP contribution in [0.1, 0.15) is 18.2 Å². The van der Waals surface area contributed by atoms with Crippen molar-refractivity contribution >= 4 is 13.1 Å². The number of nitrogens with two attached hydrogens (primary N) is 1. The number of nitrogen functional groups attached to an aromatic ring is 1. The molecule has 126 valence electrons. The fourth-order valence-electron chi connectivity index (χ4n) is 2.14. The highest BCUT2D eigenvalue weighted by Gasteiger charge is 2.33. The third-order valence-corrected chi connectivity index (χ3v) is 4.81. The summed E-state index contributed by atoms with van der Waals surface area (Å²) in [4.78, 5) is 0. The average Bonchev–Trinajstić information content (AvgIpc) is 2.85. The van der Waals surface area contributed by atoms with Crippen molar-refractivity contribution in [3.8, 4) is 5.69 Å². The summed E-state index contributed by atoms with van der Waals surface area (Å²) >= 11 is 0. The van der Waals surface area contributed by atoms with Gasteiger partial charge in [0.25, 0.3) is 0 Å². The molecule has 0 saturated carbocycles. The van der Waals surface area contributed by atoms with Gasteiger partial charge in [0.1, 0.15) is 0 Å². The van der Waals surface area contributed by atoms with Crippen LogP contribution in [0.5, 0.6) is 0 Å². The maximum atomic E-state index is 12.9. The van der Waals surface area contributed by atoms with Crippen LogP contribution in [0, 0.1) is 0 Å². The minimum Gasteiger partial charge on any atom is -0.398 e. The van der Waals surface area contributed by atoms with Gasteiger partial charge in [-0.05, 0) is 31.2 Å².